The Hall–Kier alpha value is -5.03. The number of aromatic nitrogens is 1. The van der Waals surface area contributed by atoms with E-state index in [9.17, 15) is 27.9 Å². The van der Waals surface area contributed by atoms with E-state index < -0.39 is 76.3 Å². The van der Waals surface area contributed by atoms with Gasteiger partial charge in [0.15, 0.2) is 17.3 Å². The largest absolute Gasteiger partial charge is 0.503 e. The van der Waals surface area contributed by atoms with Crippen LogP contribution in [0.2, 0.25) is 15.1 Å². The summed E-state index contributed by atoms with van der Waals surface area (Å²) in [6, 6.07) is 16.0. The Labute approximate surface area is 363 Å². The molecule has 3 aromatic carbocycles. The van der Waals surface area contributed by atoms with Crippen molar-refractivity contribution in [3.8, 4) is 17.2 Å². The minimum Gasteiger partial charge on any atom is -0.503 e. The second-order valence-corrected chi connectivity index (χ2v) is 16.9. The quantitative estimate of drug-likeness (QED) is 0.130. The van der Waals surface area contributed by atoms with Crippen LogP contribution >= 0.6 is 50.7 Å². The van der Waals surface area contributed by atoms with Crippen molar-refractivity contribution < 1.29 is 46.9 Å². The number of rotatable bonds is 8. The number of carbonyl (C=O) groups is 4. The molecule has 2 aliphatic carbocycles. The average Bonchev–Trinajstić information content (AvgIpc) is 3.59. The number of phenols is 1. The van der Waals surface area contributed by atoms with Crippen LogP contribution in [-0.2, 0) is 30.8 Å². The van der Waals surface area contributed by atoms with Gasteiger partial charge in [0.1, 0.15) is 11.4 Å². The van der Waals surface area contributed by atoms with Crippen molar-refractivity contribution in [2.75, 3.05) is 31.7 Å². The molecule has 0 bridgehead atoms. The van der Waals surface area contributed by atoms with Gasteiger partial charge in [-0.2, -0.15) is 23.2 Å². The van der Waals surface area contributed by atoms with Gasteiger partial charge in [-0.05, 0) is 100 Å². The minimum atomic E-state index is -4.85. The summed E-state index contributed by atoms with van der Waals surface area (Å²) in [5, 5.41) is 13.7. The third kappa shape index (κ3) is 6.36. The fourth-order valence-electron chi connectivity index (χ4n) is 9.32. The van der Waals surface area contributed by atoms with Gasteiger partial charge in [-0.25, -0.2) is 4.98 Å². The van der Waals surface area contributed by atoms with Crippen LogP contribution in [0.15, 0.2) is 82.9 Å². The van der Waals surface area contributed by atoms with Gasteiger partial charge < -0.3 is 14.6 Å². The maximum Gasteiger partial charge on any atom is 0.433 e. The van der Waals surface area contributed by atoms with Gasteiger partial charge in [-0.1, -0.05) is 58.6 Å². The maximum absolute atomic E-state index is 15.5. The predicted molar refractivity (Wildman–Crippen MR) is 217 cm³/mol. The highest BCUT2D eigenvalue weighted by Gasteiger charge is 2.70. The van der Waals surface area contributed by atoms with Crippen LogP contribution in [-0.4, -0.2) is 65.0 Å². The monoisotopic (exact) mass is 947 g/mol. The number of alkyl halides is 3. The number of halogens is 7. The number of anilines is 2. The molecule has 1 aromatic heterocycles. The zero-order chi connectivity index (χ0) is 43.2. The molecule has 1 saturated carbocycles. The molecule has 60 heavy (non-hydrogen) atoms. The SMILES string of the molecule is COc1ccc(C23C(=O)N(Nc4ccc(Cl)cc4Cl)C(=O)C2CC2C(=CCC4C(=O)N(N(C)c5nc(C(F)(F)F)ccc5Cl)C(=O)C42)C3c2cc(Br)c(O)c(OC)c2)cc1. The number of ether oxygens (including phenoxy) is 2. The van der Waals surface area contributed by atoms with E-state index in [0.717, 1.165) is 21.1 Å². The molecular weight excluding hydrogens is 918 g/mol. The number of nitrogens with one attached hydrogen (secondary N) is 1. The van der Waals surface area contributed by atoms with E-state index in [4.69, 9.17) is 44.3 Å². The molecule has 6 unspecified atom stereocenters. The highest BCUT2D eigenvalue weighted by molar-refractivity contribution is 9.10. The smallest absolute Gasteiger partial charge is 0.433 e. The van der Waals surface area contributed by atoms with Crippen LogP contribution < -0.4 is 19.9 Å². The van der Waals surface area contributed by atoms with E-state index in [1.165, 1.54) is 39.5 Å². The number of allylic oxidation sites excluding steroid dienone is 2. The van der Waals surface area contributed by atoms with Crippen molar-refractivity contribution in [2.24, 2.45) is 23.7 Å². The summed E-state index contributed by atoms with van der Waals surface area (Å²) in [5.41, 5.74) is 1.50. The van der Waals surface area contributed by atoms with Crippen molar-refractivity contribution >= 4 is 85.9 Å². The van der Waals surface area contributed by atoms with Crippen LogP contribution in [0, 0.1) is 23.7 Å². The van der Waals surface area contributed by atoms with Crippen molar-refractivity contribution in [1.82, 2.24) is 15.0 Å². The van der Waals surface area contributed by atoms with Gasteiger partial charge in [0.2, 0.25) is 0 Å². The fourth-order valence-corrected chi connectivity index (χ4v) is 10.5. The molecule has 2 saturated heterocycles. The molecule has 4 aromatic rings. The molecule has 3 fully saturated rings. The molecule has 0 radical (unpaired) electrons. The first kappa shape index (κ1) is 41.7. The third-order valence-electron chi connectivity index (χ3n) is 11.9. The number of hydrogen-bond donors (Lipinski definition) is 2. The molecule has 8 rings (SSSR count). The normalized spacial score (nSPS) is 24.8. The molecule has 4 aliphatic rings. The topological polar surface area (TPSA) is 142 Å². The molecule has 2 N–H and O–H groups in total. The summed E-state index contributed by atoms with van der Waals surface area (Å²) in [5.74, 6) is -8.19. The van der Waals surface area contributed by atoms with Gasteiger partial charge in [0.25, 0.3) is 23.6 Å². The van der Waals surface area contributed by atoms with Crippen LogP contribution in [0.1, 0.15) is 35.6 Å². The van der Waals surface area contributed by atoms with Gasteiger partial charge >= 0.3 is 6.18 Å². The van der Waals surface area contributed by atoms with E-state index in [1.54, 1.807) is 42.5 Å². The Morgan fingerprint density at radius 2 is 1.63 bits per heavy atom. The van der Waals surface area contributed by atoms with Crippen LogP contribution in [0.5, 0.6) is 17.2 Å². The zero-order valence-electron chi connectivity index (χ0n) is 31.6. The number of pyridine rings is 1. The summed E-state index contributed by atoms with van der Waals surface area (Å²) in [6.07, 6.45) is -3.17. The second-order valence-electron chi connectivity index (χ2n) is 14.8. The van der Waals surface area contributed by atoms with Gasteiger partial charge in [0.05, 0.1) is 57.6 Å². The van der Waals surface area contributed by atoms with E-state index in [2.05, 4.69) is 26.3 Å². The number of aromatic hydroxyl groups is 1. The van der Waals surface area contributed by atoms with Gasteiger partial charge in [-0.3, -0.25) is 29.6 Å². The Morgan fingerprint density at radius 1 is 0.917 bits per heavy atom. The number of hydrogen-bond acceptors (Lipinski definition) is 10. The first-order valence-electron chi connectivity index (χ1n) is 18.3. The average molecular weight is 950 g/mol. The lowest BCUT2D eigenvalue weighted by atomic mass is 9.49. The first-order valence-corrected chi connectivity index (χ1v) is 20.2. The molecule has 4 amide bonds. The van der Waals surface area contributed by atoms with E-state index in [-0.39, 0.29) is 44.5 Å². The molecule has 12 nitrogen and oxygen atoms in total. The summed E-state index contributed by atoms with van der Waals surface area (Å²) in [7, 11) is 4.06. The number of carbonyl (C=O) groups excluding carboxylic acids is 4. The first-order chi connectivity index (χ1) is 28.4. The van der Waals surface area contributed by atoms with Gasteiger partial charge in [0, 0.05) is 18.0 Å². The summed E-state index contributed by atoms with van der Waals surface area (Å²) in [6.45, 7) is 0. The Kier molecular flexibility index (Phi) is 10.5. The number of benzene rings is 3. The highest BCUT2D eigenvalue weighted by Crippen LogP contribution is 2.65. The number of fused-ring (bicyclic) bond motifs is 4. The number of phenolic OH excluding ortho intramolecular Hbond substituents is 1. The van der Waals surface area contributed by atoms with Crippen molar-refractivity contribution in [3.05, 3.63) is 115 Å². The Balaban J connectivity index is 1.31. The Bertz CT molecular complexity index is 2530. The lowest BCUT2D eigenvalue weighted by Crippen LogP contribution is -2.53. The summed E-state index contributed by atoms with van der Waals surface area (Å²) < 4.78 is 52.5. The second kappa shape index (κ2) is 15.2. The molecular formula is C41H32BrCl3F3N5O7. The fraction of sp³-hybridized carbons (Fsp3) is 0.293. The molecule has 2 aliphatic heterocycles. The van der Waals surface area contributed by atoms with E-state index in [0.29, 0.717) is 33.5 Å². The van der Waals surface area contributed by atoms with E-state index in [1.807, 2.05) is 0 Å². The van der Waals surface area contributed by atoms with Crippen molar-refractivity contribution in [2.45, 2.75) is 30.4 Å². The van der Waals surface area contributed by atoms with Crippen molar-refractivity contribution in [3.63, 3.8) is 0 Å². The number of methoxy groups -OCH3 is 2. The van der Waals surface area contributed by atoms with Crippen LogP contribution in [0.25, 0.3) is 0 Å². The zero-order valence-corrected chi connectivity index (χ0v) is 35.4. The molecule has 312 valence electrons. The number of nitrogens with zero attached hydrogens (tertiary/aromatic N) is 4. The third-order valence-corrected chi connectivity index (χ3v) is 13.3. The minimum absolute atomic E-state index is 0.00407. The van der Waals surface area contributed by atoms with Gasteiger partial charge in [-0.15, -0.1) is 0 Å². The number of imide groups is 2. The Morgan fingerprint density at radius 3 is 2.28 bits per heavy atom. The maximum atomic E-state index is 15.5. The lowest BCUT2D eigenvalue weighted by Gasteiger charge is -2.50. The lowest BCUT2D eigenvalue weighted by molar-refractivity contribution is -0.142. The van der Waals surface area contributed by atoms with Crippen LogP contribution in [0.4, 0.5) is 24.7 Å². The predicted octanol–water partition coefficient (Wildman–Crippen LogP) is 8.58. The number of amides is 4. The van der Waals surface area contributed by atoms with E-state index >= 15 is 9.59 Å². The molecule has 6 atom stereocenters. The number of hydrazine groups is 2. The molecule has 3 heterocycles. The molecule has 19 heteroatoms. The summed E-state index contributed by atoms with van der Waals surface area (Å²) >= 11 is 22.4. The standard InChI is InChI=1S/C41H32BrCl3F3N5O7/c1-51(35-27(44)11-13-31(49-35)41(46,47)48)53-36(55)23-10-9-22-24(32(23)38(53)57)17-25-37(56)52(50-29-12-6-20(43)16-28(29)45)39(58)40(25,19-4-7-21(59-2)8-5-19)33(22)18-14-26(42)34(54)30(15-18)60-3/h4-9,11-16,23-25,32-33,50,54H,10,17H2,1-3H3. The highest BCUT2D eigenvalue weighted by atomic mass is 79.9. The van der Waals surface area contributed by atoms with Crippen LogP contribution in [0.3, 0.4) is 0 Å². The molecule has 0 spiro atoms. The van der Waals surface area contributed by atoms with Crippen molar-refractivity contribution in [1.29, 1.82) is 0 Å². The summed E-state index contributed by atoms with van der Waals surface area (Å²) in [4.78, 5) is 63.3.